The summed E-state index contributed by atoms with van der Waals surface area (Å²) in [5, 5.41) is 10.8. The van der Waals surface area contributed by atoms with E-state index < -0.39 is 5.92 Å². The van der Waals surface area contributed by atoms with Crippen molar-refractivity contribution < 1.29 is 24.2 Å². The maximum atomic E-state index is 13.9. The molecule has 0 fully saturated rings. The lowest BCUT2D eigenvalue weighted by molar-refractivity contribution is -0.119. The average Bonchev–Trinajstić information content (AvgIpc) is 2.79. The Balaban J connectivity index is 2.00. The molecule has 1 aromatic carbocycles. The quantitative estimate of drug-likeness (QED) is 0.351. The summed E-state index contributed by atoms with van der Waals surface area (Å²) in [5.41, 5.74) is 4.64. The maximum Gasteiger partial charge on any atom is 0.162 e. The van der Waals surface area contributed by atoms with E-state index in [4.69, 9.17) is 9.47 Å². The van der Waals surface area contributed by atoms with Crippen LogP contribution in [-0.4, -0.2) is 48.9 Å². The fourth-order valence-corrected chi connectivity index (χ4v) is 6.34. The molecule has 200 valence electrons. The topological polar surface area (TPSA) is 76.1 Å². The summed E-state index contributed by atoms with van der Waals surface area (Å²) in [4.78, 5) is 30.1. The standard InChI is InChI=1S/C31H41NO5/c1-8-10-19-13-20(14-25(37-7)29(19)35)26-27-21(15-30(2,3)17-23(27)33)32(11-9-12-36-6)22-16-31(4,5)18-24(34)28(22)26/h8,13-14,26,35H,1,9-12,15-18H2,2-7H3. The number of hydrogen-bond donors (Lipinski definition) is 1. The van der Waals surface area contributed by atoms with Gasteiger partial charge in [-0.2, -0.15) is 0 Å². The Morgan fingerprint density at radius 3 is 2.05 bits per heavy atom. The summed E-state index contributed by atoms with van der Waals surface area (Å²) in [6.45, 7) is 13.7. The predicted octanol–water partition coefficient (Wildman–Crippen LogP) is 5.85. The van der Waals surface area contributed by atoms with Crippen LogP contribution < -0.4 is 4.74 Å². The minimum Gasteiger partial charge on any atom is -0.504 e. The highest BCUT2D eigenvalue weighted by Crippen LogP contribution is 2.55. The molecule has 6 heteroatoms. The van der Waals surface area contributed by atoms with E-state index in [-0.39, 0.29) is 28.1 Å². The molecule has 37 heavy (non-hydrogen) atoms. The van der Waals surface area contributed by atoms with Crippen LogP contribution in [0.4, 0.5) is 0 Å². The van der Waals surface area contributed by atoms with Crippen LogP contribution in [0.25, 0.3) is 0 Å². The van der Waals surface area contributed by atoms with Gasteiger partial charge in [-0.15, -0.1) is 6.58 Å². The molecular weight excluding hydrogens is 466 g/mol. The number of methoxy groups -OCH3 is 2. The minimum absolute atomic E-state index is 0.0683. The third-order valence-electron chi connectivity index (χ3n) is 7.85. The Morgan fingerprint density at radius 1 is 1.00 bits per heavy atom. The Kier molecular flexibility index (Phi) is 7.44. The van der Waals surface area contributed by atoms with Crippen molar-refractivity contribution in [3.05, 3.63) is 58.5 Å². The SMILES string of the molecule is C=CCc1cc(C2C3=C(CC(C)(C)CC3=O)N(CCCOC)C3=C2C(=O)CC(C)(C)C3)cc(OC)c1O. The van der Waals surface area contributed by atoms with Gasteiger partial charge in [0.05, 0.1) is 7.11 Å². The van der Waals surface area contributed by atoms with E-state index in [2.05, 4.69) is 39.2 Å². The van der Waals surface area contributed by atoms with Crippen molar-refractivity contribution in [3.63, 3.8) is 0 Å². The predicted molar refractivity (Wildman–Crippen MR) is 145 cm³/mol. The van der Waals surface area contributed by atoms with Gasteiger partial charge >= 0.3 is 0 Å². The van der Waals surface area contributed by atoms with E-state index in [1.54, 1.807) is 19.3 Å². The molecule has 2 aliphatic carbocycles. The third kappa shape index (κ3) is 5.13. The zero-order valence-electron chi connectivity index (χ0n) is 23.2. The number of rotatable bonds is 8. The number of benzene rings is 1. The summed E-state index contributed by atoms with van der Waals surface area (Å²) in [6.07, 6.45) is 5.38. The first-order valence-electron chi connectivity index (χ1n) is 13.2. The Morgan fingerprint density at radius 2 is 1.57 bits per heavy atom. The first kappa shape index (κ1) is 27.2. The second-order valence-electron chi connectivity index (χ2n) is 12.3. The number of carbonyl (C=O) groups is 2. The van der Waals surface area contributed by atoms with E-state index in [0.29, 0.717) is 43.7 Å². The highest BCUT2D eigenvalue weighted by atomic mass is 16.5. The van der Waals surface area contributed by atoms with Gasteiger partial charge in [-0.1, -0.05) is 39.8 Å². The van der Waals surface area contributed by atoms with Crippen LogP contribution in [-0.2, 0) is 20.7 Å². The van der Waals surface area contributed by atoms with Crippen molar-refractivity contribution in [1.82, 2.24) is 4.90 Å². The lowest BCUT2D eigenvalue weighted by Gasteiger charge is -2.49. The van der Waals surface area contributed by atoms with Crippen molar-refractivity contribution in [2.45, 2.75) is 72.1 Å². The normalized spacial score (nSPS) is 21.2. The van der Waals surface area contributed by atoms with Gasteiger partial charge in [0.2, 0.25) is 0 Å². The van der Waals surface area contributed by atoms with Crippen molar-refractivity contribution in [1.29, 1.82) is 0 Å². The lowest BCUT2D eigenvalue weighted by Crippen LogP contribution is -2.44. The van der Waals surface area contributed by atoms with Crippen molar-refractivity contribution in [2.24, 2.45) is 10.8 Å². The summed E-state index contributed by atoms with van der Waals surface area (Å²) in [6, 6.07) is 3.71. The fraction of sp³-hybridized carbons (Fsp3) is 0.548. The molecule has 1 N–H and O–H groups in total. The van der Waals surface area contributed by atoms with Gasteiger partial charge in [0.1, 0.15) is 0 Å². The average molecular weight is 508 g/mol. The molecule has 3 aliphatic rings. The van der Waals surface area contributed by atoms with E-state index in [0.717, 1.165) is 47.4 Å². The first-order valence-corrected chi connectivity index (χ1v) is 13.2. The monoisotopic (exact) mass is 507 g/mol. The number of allylic oxidation sites excluding steroid dienone is 5. The molecule has 0 saturated carbocycles. The number of ether oxygens (including phenoxy) is 2. The second kappa shape index (κ2) is 10.1. The molecule has 0 amide bonds. The van der Waals surface area contributed by atoms with Crippen LogP contribution in [0.15, 0.2) is 47.3 Å². The molecule has 0 atom stereocenters. The molecular formula is C31H41NO5. The third-order valence-corrected chi connectivity index (χ3v) is 7.85. The Labute approximate surface area is 221 Å². The number of carbonyl (C=O) groups excluding carboxylic acids is 2. The molecule has 6 nitrogen and oxygen atoms in total. The molecule has 0 bridgehead atoms. The number of phenolic OH excluding ortho intramolecular Hbond substituents is 1. The van der Waals surface area contributed by atoms with E-state index >= 15 is 0 Å². The van der Waals surface area contributed by atoms with Gasteiger partial charge in [0, 0.05) is 67.1 Å². The first-order chi connectivity index (χ1) is 17.4. The molecule has 1 aromatic rings. The summed E-state index contributed by atoms with van der Waals surface area (Å²) >= 11 is 0. The lowest BCUT2D eigenvalue weighted by atomic mass is 9.63. The van der Waals surface area contributed by atoms with Gasteiger partial charge in [-0.25, -0.2) is 0 Å². The van der Waals surface area contributed by atoms with Crippen LogP contribution in [0.3, 0.4) is 0 Å². The number of ketones is 2. The van der Waals surface area contributed by atoms with E-state index in [1.165, 1.54) is 7.11 Å². The summed E-state index contributed by atoms with van der Waals surface area (Å²) < 4.78 is 10.9. The fourth-order valence-electron chi connectivity index (χ4n) is 6.34. The zero-order valence-corrected chi connectivity index (χ0v) is 23.2. The Bertz CT molecular complexity index is 1130. The smallest absolute Gasteiger partial charge is 0.162 e. The maximum absolute atomic E-state index is 13.9. The van der Waals surface area contributed by atoms with Gasteiger partial charge in [-0.3, -0.25) is 9.59 Å². The molecule has 0 aromatic heterocycles. The van der Waals surface area contributed by atoms with Crippen molar-refractivity contribution >= 4 is 11.6 Å². The zero-order chi connectivity index (χ0) is 27.1. The molecule has 0 spiro atoms. The van der Waals surface area contributed by atoms with Crippen LogP contribution in [0.5, 0.6) is 11.5 Å². The van der Waals surface area contributed by atoms with Gasteiger partial charge in [0.15, 0.2) is 23.1 Å². The van der Waals surface area contributed by atoms with Gasteiger partial charge < -0.3 is 19.5 Å². The van der Waals surface area contributed by atoms with Gasteiger partial charge in [0.25, 0.3) is 0 Å². The molecule has 0 saturated heterocycles. The van der Waals surface area contributed by atoms with E-state index in [1.807, 2.05) is 6.07 Å². The van der Waals surface area contributed by atoms with Crippen LogP contribution in [0.1, 0.15) is 76.8 Å². The highest BCUT2D eigenvalue weighted by molar-refractivity contribution is 6.06. The largest absolute Gasteiger partial charge is 0.504 e. The minimum atomic E-state index is -0.478. The van der Waals surface area contributed by atoms with Crippen molar-refractivity contribution in [3.8, 4) is 11.5 Å². The number of phenols is 1. The highest BCUT2D eigenvalue weighted by Gasteiger charge is 2.49. The molecule has 1 heterocycles. The number of aromatic hydroxyl groups is 1. The van der Waals surface area contributed by atoms with Crippen LogP contribution in [0, 0.1) is 10.8 Å². The van der Waals surface area contributed by atoms with Crippen LogP contribution >= 0.6 is 0 Å². The van der Waals surface area contributed by atoms with Gasteiger partial charge in [-0.05, 0) is 48.1 Å². The summed E-state index contributed by atoms with van der Waals surface area (Å²) in [7, 11) is 3.22. The number of nitrogens with zero attached hydrogens (tertiary/aromatic N) is 1. The van der Waals surface area contributed by atoms with Crippen molar-refractivity contribution in [2.75, 3.05) is 27.4 Å². The van der Waals surface area contributed by atoms with Crippen LogP contribution in [0.2, 0.25) is 0 Å². The molecule has 4 rings (SSSR count). The second-order valence-corrected chi connectivity index (χ2v) is 12.3. The summed E-state index contributed by atoms with van der Waals surface area (Å²) in [5.74, 6) is 0.116. The number of Topliss-reactive ketones (excluding diaryl/α,β-unsaturated/α-hetero) is 2. The molecule has 1 aliphatic heterocycles. The molecule has 0 radical (unpaired) electrons. The Hall–Kier alpha value is -2.86. The number of hydrogen-bond acceptors (Lipinski definition) is 6. The molecule has 0 unspecified atom stereocenters. The van der Waals surface area contributed by atoms with E-state index in [9.17, 15) is 14.7 Å².